The van der Waals surface area contributed by atoms with Crippen LogP contribution in [0.4, 0.5) is 0 Å². The Morgan fingerprint density at radius 1 is 1.16 bits per heavy atom. The number of hydrogen-bond acceptors (Lipinski definition) is 3. The highest BCUT2D eigenvalue weighted by Gasteiger charge is 2.10. The van der Waals surface area contributed by atoms with Gasteiger partial charge >= 0.3 is 0 Å². The van der Waals surface area contributed by atoms with Crippen LogP contribution in [-0.4, -0.2) is 11.2 Å². The van der Waals surface area contributed by atoms with Gasteiger partial charge in [-0.05, 0) is 47.4 Å². The predicted octanol–water partition coefficient (Wildman–Crippen LogP) is 4.03. The van der Waals surface area contributed by atoms with E-state index in [4.69, 9.17) is 4.42 Å². The number of fused-ring (bicyclic) bond motifs is 1. The minimum absolute atomic E-state index is 0.317. The molecule has 19 heavy (non-hydrogen) atoms. The van der Waals surface area contributed by atoms with Crippen LogP contribution in [0.15, 0.2) is 52.5 Å². The number of rotatable bonds is 5. The van der Waals surface area contributed by atoms with E-state index in [0.717, 1.165) is 18.6 Å². The molecule has 0 aliphatic rings. The summed E-state index contributed by atoms with van der Waals surface area (Å²) in [7, 11) is 0. The van der Waals surface area contributed by atoms with Crippen molar-refractivity contribution in [2.45, 2.75) is 25.4 Å². The molecule has 0 aliphatic carbocycles. The molecule has 0 saturated carbocycles. The maximum Gasteiger partial charge on any atom is 0.103 e. The molecular weight excluding hydrogens is 256 g/mol. The fraction of sp³-hybridized carbons (Fsp3) is 0.250. The van der Waals surface area contributed by atoms with Gasteiger partial charge in [-0.1, -0.05) is 18.2 Å². The summed E-state index contributed by atoms with van der Waals surface area (Å²) in [6.45, 7) is 0. The Labute approximate surface area is 116 Å². The Morgan fingerprint density at radius 3 is 2.89 bits per heavy atom. The normalized spacial score (nSPS) is 12.9. The summed E-state index contributed by atoms with van der Waals surface area (Å²) in [6.07, 6.45) is 3.59. The van der Waals surface area contributed by atoms with E-state index >= 15 is 0 Å². The zero-order chi connectivity index (χ0) is 13.1. The molecule has 0 bridgehead atoms. The van der Waals surface area contributed by atoms with Crippen molar-refractivity contribution in [2.24, 2.45) is 0 Å². The highest BCUT2D eigenvalue weighted by molar-refractivity contribution is 7.17. The molecule has 2 heterocycles. The molecule has 3 aromatic rings. The molecule has 1 aromatic carbocycles. The third-order valence-corrected chi connectivity index (χ3v) is 4.33. The van der Waals surface area contributed by atoms with Crippen LogP contribution in [0.2, 0.25) is 0 Å². The first-order valence-corrected chi connectivity index (χ1v) is 7.36. The van der Waals surface area contributed by atoms with E-state index in [0.29, 0.717) is 6.42 Å². The van der Waals surface area contributed by atoms with Crippen LogP contribution in [0.5, 0.6) is 0 Å². The van der Waals surface area contributed by atoms with Gasteiger partial charge in [0, 0.05) is 11.1 Å². The van der Waals surface area contributed by atoms with Crippen molar-refractivity contribution in [2.75, 3.05) is 0 Å². The van der Waals surface area contributed by atoms with E-state index in [1.54, 1.807) is 17.6 Å². The third-order valence-electron chi connectivity index (χ3n) is 3.32. The number of benzene rings is 1. The lowest BCUT2D eigenvalue weighted by Gasteiger charge is -2.08. The summed E-state index contributed by atoms with van der Waals surface area (Å²) in [5.74, 6) is 0.939. The molecule has 1 unspecified atom stereocenters. The molecule has 3 rings (SSSR count). The fourth-order valence-corrected chi connectivity index (χ4v) is 3.29. The van der Waals surface area contributed by atoms with E-state index in [1.807, 2.05) is 18.2 Å². The van der Waals surface area contributed by atoms with Gasteiger partial charge in [-0.15, -0.1) is 11.3 Å². The van der Waals surface area contributed by atoms with Crippen molar-refractivity contribution in [1.82, 2.24) is 0 Å². The van der Waals surface area contributed by atoms with Gasteiger partial charge in [-0.25, -0.2) is 0 Å². The predicted molar refractivity (Wildman–Crippen MR) is 78.6 cm³/mol. The second-order valence-corrected chi connectivity index (χ2v) is 5.64. The van der Waals surface area contributed by atoms with Gasteiger partial charge in [0.25, 0.3) is 0 Å². The largest absolute Gasteiger partial charge is 0.469 e. The number of hydrogen-bond donors (Lipinski definition) is 1. The number of aliphatic hydroxyl groups excluding tert-OH is 1. The monoisotopic (exact) mass is 272 g/mol. The molecular formula is C16H16O2S. The quantitative estimate of drug-likeness (QED) is 0.760. The average molecular weight is 272 g/mol. The Bertz CT molecular complexity index is 640. The van der Waals surface area contributed by atoms with Crippen molar-refractivity contribution in [3.05, 3.63) is 59.4 Å². The lowest BCUT2D eigenvalue weighted by Crippen LogP contribution is -2.11. The summed E-state index contributed by atoms with van der Waals surface area (Å²) in [4.78, 5) is 0. The van der Waals surface area contributed by atoms with E-state index in [2.05, 4.69) is 23.6 Å². The molecule has 0 amide bonds. The SMILES string of the molecule is OC(CCc1ccco1)Cc1csc2ccccc12. The van der Waals surface area contributed by atoms with E-state index < -0.39 is 0 Å². The molecule has 0 fully saturated rings. The molecule has 2 nitrogen and oxygen atoms in total. The van der Waals surface area contributed by atoms with Crippen LogP contribution >= 0.6 is 11.3 Å². The van der Waals surface area contributed by atoms with Gasteiger partial charge in [-0.2, -0.15) is 0 Å². The summed E-state index contributed by atoms with van der Waals surface area (Å²) >= 11 is 1.74. The van der Waals surface area contributed by atoms with Crippen LogP contribution in [0.3, 0.4) is 0 Å². The second-order valence-electron chi connectivity index (χ2n) is 4.73. The molecule has 98 valence electrons. The number of thiophene rings is 1. The number of furan rings is 1. The molecule has 2 aromatic heterocycles. The number of aryl methyl sites for hydroxylation is 1. The van der Waals surface area contributed by atoms with Gasteiger partial charge in [0.2, 0.25) is 0 Å². The fourth-order valence-electron chi connectivity index (χ4n) is 2.31. The molecule has 0 spiro atoms. The highest BCUT2D eigenvalue weighted by Crippen LogP contribution is 2.27. The van der Waals surface area contributed by atoms with E-state index in [-0.39, 0.29) is 6.10 Å². The minimum atomic E-state index is -0.317. The summed E-state index contributed by atoms with van der Waals surface area (Å²) in [5, 5.41) is 13.6. The molecule has 1 atom stereocenters. The van der Waals surface area contributed by atoms with Crippen molar-refractivity contribution in [3.63, 3.8) is 0 Å². The Hall–Kier alpha value is -1.58. The second kappa shape index (κ2) is 5.59. The smallest absolute Gasteiger partial charge is 0.103 e. The molecule has 0 aliphatic heterocycles. The van der Waals surface area contributed by atoms with Gasteiger partial charge in [0.1, 0.15) is 5.76 Å². The summed E-state index contributed by atoms with van der Waals surface area (Å²) in [6, 6.07) is 12.2. The van der Waals surface area contributed by atoms with Gasteiger partial charge in [0.15, 0.2) is 0 Å². The summed E-state index contributed by atoms with van der Waals surface area (Å²) in [5.41, 5.74) is 1.24. The number of aliphatic hydroxyl groups is 1. The lowest BCUT2D eigenvalue weighted by molar-refractivity contribution is 0.163. The maximum absolute atomic E-state index is 10.1. The van der Waals surface area contributed by atoms with Gasteiger partial charge in [0.05, 0.1) is 12.4 Å². The first kappa shape index (κ1) is 12.5. The Morgan fingerprint density at radius 2 is 2.05 bits per heavy atom. The van der Waals surface area contributed by atoms with Crippen molar-refractivity contribution < 1.29 is 9.52 Å². The van der Waals surface area contributed by atoms with Crippen LogP contribution in [-0.2, 0) is 12.8 Å². The molecule has 3 heteroatoms. The molecule has 0 saturated heterocycles. The maximum atomic E-state index is 10.1. The van der Waals surface area contributed by atoms with Gasteiger partial charge in [-0.3, -0.25) is 0 Å². The average Bonchev–Trinajstić information content (AvgIpc) is 3.07. The standard InChI is InChI=1S/C16H16O2S/c17-13(7-8-14-4-3-9-18-14)10-12-11-19-16-6-2-1-5-15(12)16/h1-6,9,11,13,17H,7-8,10H2. The van der Waals surface area contributed by atoms with Crippen molar-refractivity contribution >= 4 is 21.4 Å². The Kier molecular flexibility index (Phi) is 3.67. The third kappa shape index (κ3) is 2.88. The zero-order valence-electron chi connectivity index (χ0n) is 10.6. The molecule has 0 radical (unpaired) electrons. The zero-order valence-corrected chi connectivity index (χ0v) is 11.4. The van der Waals surface area contributed by atoms with Crippen molar-refractivity contribution in [1.29, 1.82) is 0 Å². The van der Waals surface area contributed by atoms with Gasteiger partial charge < -0.3 is 9.52 Å². The van der Waals surface area contributed by atoms with Crippen LogP contribution in [0.25, 0.3) is 10.1 Å². The van der Waals surface area contributed by atoms with E-state index in [1.165, 1.54) is 15.6 Å². The van der Waals surface area contributed by atoms with E-state index in [9.17, 15) is 5.11 Å². The Balaban J connectivity index is 1.64. The minimum Gasteiger partial charge on any atom is -0.469 e. The van der Waals surface area contributed by atoms with Crippen LogP contribution < -0.4 is 0 Å². The topological polar surface area (TPSA) is 33.4 Å². The van der Waals surface area contributed by atoms with Crippen LogP contribution in [0.1, 0.15) is 17.7 Å². The van der Waals surface area contributed by atoms with Crippen molar-refractivity contribution in [3.8, 4) is 0 Å². The van der Waals surface area contributed by atoms with Crippen LogP contribution in [0, 0.1) is 0 Å². The first-order chi connectivity index (χ1) is 9.33. The highest BCUT2D eigenvalue weighted by atomic mass is 32.1. The lowest BCUT2D eigenvalue weighted by atomic mass is 10.0. The molecule has 1 N–H and O–H groups in total. The summed E-state index contributed by atoms with van der Waals surface area (Å²) < 4.78 is 6.57. The first-order valence-electron chi connectivity index (χ1n) is 6.48.